The van der Waals surface area contributed by atoms with Crippen molar-refractivity contribution in [1.29, 1.82) is 0 Å². The summed E-state index contributed by atoms with van der Waals surface area (Å²) in [6.45, 7) is 1.99. The van der Waals surface area contributed by atoms with Gasteiger partial charge in [0.2, 0.25) is 0 Å². The first-order valence-electron chi connectivity index (χ1n) is 8.67. The minimum Gasteiger partial charge on any atom is -0.469 e. The van der Waals surface area contributed by atoms with Crippen molar-refractivity contribution in [3.8, 4) is 0 Å². The lowest BCUT2D eigenvalue weighted by atomic mass is 10.1. The van der Waals surface area contributed by atoms with Crippen LogP contribution in [0, 0.1) is 21.8 Å². The number of amides is 1. The van der Waals surface area contributed by atoms with Gasteiger partial charge >= 0.3 is 5.97 Å². The zero-order chi connectivity index (χ0) is 20.7. The Morgan fingerprint density at radius 2 is 1.89 bits per heavy atom. The van der Waals surface area contributed by atoms with E-state index >= 15 is 0 Å². The Morgan fingerprint density at radius 1 is 1.21 bits per heavy atom. The zero-order valence-corrected chi connectivity index (χ0v) is 15.6. The summed E-state index contributed by atoms with van der Waals surface area (Å²) >= 11 is 0. The number of nitro benzene ring substituents is 1. The molecule has 1 unspecified atom stereocenters. The molecule has 2 aromatic carbocycles. The SMILES string of the molecule is COC(=O)C(C)CN(CCc1ccc(F)cc1)C(=O)c1cccc([N+](=O)[O-])c1. The first-order chi connectivity index (χ1) is 13.3. The van der Waals surface area contributed by atoms with E-state index in [0.29, 0.717) is 6.42 Å². The Hall–Kier alpha value is -3.29. The lowest BCUT2D eigenvalue weighted by molar-refractivity contribution is -0.384. The lowest BCUT2D eigenvalue weighted by Gasteiger charge is -2.25. The summed E-state index contributed by atoms with van der Waals surface area (Å²) in [5.41, 5.74) is 0.791. The van der Waals surface area contributed by atoms with Crippen LogP contribution in [0.1, 0.15) is 22.8 Å². The smallest absolute Gasteiger partial charge is 0.310 e. The van der Waals surface area contributed by atoms with E-state index < -0.39 is 22.7 Å². The molecule has 0 bridgehead atoms. The molecule has 0 radical (unpaired) electrons. The molecule has 148 valence electrons. The number of halogens is 1. The first kappa shape index (κ1) is 21.0. The summed E-state index contributed by atoms with van der Waals surface area (Å²) in [6, 6.07) is 11.3. The third-order valence-corrected chi connectivity index (χ3v) is 4.27. The van der Waals surface area contributed by atoms with E-state index in [4.69, 9.17) is 4.74 Å². The van der Waals surface area contributed by atoms with Gasteiger partial charge in [-0.3, -0.25) is 19.7 Å². The molecule has 2 aromatic rings. The van der Waals surface area contributed by atoms with Gasteiger partial charge in [0.25, 0.3) is 11.6 Å². The second kappa shape index (κ2) is 9.59. The predicted octanol–water partition coefficient (Wildman–Crippen LogP) is 3.23. The van der Waals surface area contributed by atoms with Crippen LogP contribution in [-0.4, -0.2) is 41.9 Å². The van der Waals surface area contributed by atoms with Gasteiger partial charge in [0.15, 0.2) is 0 Å². The van der Waals surface area contributed by atoms with Crippen molar-refractivity contribution in [3.63, 3.8) is 0 Å². The Labute approximate surface area is 161 Å². The molecule has 0 aliphatic heterocycles. The number of nitrogens with zero attached hydrogens (tertiary/aromatic N) is 2. The van der Waals surface area contributed by atoms with Crippen LogP contribution in [0.5, 0.6) is 0 Å². The van der Waals surface area contributed by atoms with E-state index in [0.717, 1.165) is 5.56 Å². The van der Waals surface area contributed by atoms with E-state index in [1.165, 1.54) is 48.4 Å². The molecule has 1 amide bonds. The molecule has 2 rings (SSSR count). The maximum atomic E-state index is 13.1. The Bertz CT molecular complexity index is 854. The van der Waals surface area contributed by atoms with Crippen LogP contribution in [-0.2, 0) is 16.0 Å². The van der Waals surface area contributed by atoms with Crippen molar-refractivity contribution in [2.24, 2.45) is 5.92 Å². The van der Waals surface area contributed by atoms with E-state index in [2.05, 4.69) is 0 Å². The minimum atomic E-state index is -0.573. The summed E-state index contributed by atoms with van der Waals surface area (Å²) in [5.74, 6) is -1.81. The molecule has 0 aliphatic carbocycles. The van der Waals surface area contributed by atoms with Gasteiger partial charge in [0, 0.05) is 30.8 Å². The Morgan fingerprint density at radius 3 is 2.50 bits per heavy atom. The first-order valence-corrected chi connectivity index (χ1v) is 8.67. The maximum absolute atomic E-state index is 13.1. The van der Waals surface area contributed by atoms with Crippen molar-refractivity contribution >= 4 is 17.6 Å². The van der Waals surface area contributed by atoms with Gasteiger partial charge in [-0.15, -0.1) is 0 Å². The molecule has 0 heterocycles. The third-order valence-electron chi connectivity index (χ3n) is 4.27. The molecule has 1 atom stereocenters. The average molecular weight is 388 g/mol. The normalized spacial score (nSPS) is 11.5. The highest BCUT2D eigenvalue weighted by Gasteiger charge is 2.23. The summed E-state index contributed by atoms with van der Waals surface area (Å²) < 4.78 is 17.8. The van der Waals surface area contributed by atoms with Crippen LogP contribution in [0.25, 0.3) is 0 Å². The largest absolute Gasteiger partial charge is 0.469 e. The number of carbonyl (C=O) groups is 2. The number of methoxy groups -OCH3 is 1. The van der Waals surface area contributed by atoms with E-state index in [1.54, 1.807) is 19.1 Å². The molecule has 0 fully saturated rings. The number of non-ortho nitro benzene ring substituents is 1. The lowest BCUT2D eigenvalue weighted by Crippen LogP contribution is -2.38. The number of benzene rings is 2. The highest BCUT2D eigenvalue weighted by molar-refractivity contribution is 5.95. The molecular formula is C20H21FN2O5. The van der Waals surface area contributed by atoms with E-state index in [-0.39, 0.29) is 30.2 Å². The molecular weight excluding hydrogens is 367 g/mol. The fraction of sp³-hybridized carbons (Fsp3) is 0.300. The van der Waals surface area contributed by atoms with Crippen molar-refractivity contribution in [1.82, 2.24) is 4.90 Å². The van der Waals surface area contributed by atoms with Gasteiger partial charge in [-0.2, -0.15) is 0 Å². The topological polar surface area (TPSA) is 89.8 Å². The summed E-state index contributed by atoms with van der Waals surface area (Å²) in [4.78, 5) is 36.6. The second-order valence-electron chi connectivity index (χ2n) is 6.36. The van der Waals surface area contributed by atoms with Crippen LogP contribution >= 0.6 is 0 Å². The maximum Gasteiger partial charge on any atom is 0.310 e. The number of nitro groups is 1. The van der Waals surface area contributed by atoms with Gasteiger partial charge in [0.05, 0.1) is 18.0 Å². The van der Waals surface area contributed by atoms with Gasteiger partial charge in [0.1, 0.15) is 5.82 Å². The molecule has 0 saturated heterocycles. The number of ether oxygens (including phenoxy) is 1. The second-order valence-corrected chi connectivity index (χ2v) is 6.36. The fourth-order valence-corrected chi connectivity index (χ4v) is 2.73. The van der Waals surface area contributed by atoms with Crippen LogP contribution < -0.4 is 0 Å². The number of carbonyl (C=O) groups excluding carboxylic acids is 2. The third kappa shape index (κ3) is 5.60. The molecule has 7 nitrogen and oxygen atoms in total. The quantitative estimate of drug-likeness (QED) is 0.393. The van der Waals surface area contributed by atoms with Gasteiger partial charge in [-0.05, 0) is 30.2 Å². The van der Waals surface area contributed by atoms with Crippen LogP contribution in [0.2, 0.25) is 0 Å². The molecule has 0 spiro atoms. The summed E-state index contributed by atoms with van der Waals surface area (Å²) in [7, 11) is 1.27. The number of hydrogen-bond acceptors (Lipinski definition) is 5. The molecule has 0 N–H and O–H groups in total. The Balaban J connectivity index is 2.21. The monoisotopic (exact) mass is 388 g/mol. The summed E-state index contributed by atoms with van der Waals surface area (Å²) in [6.07, 6.45) is 0.439. The van der Waals surface area contributed by atoms with Gasteiger partial charge in [-0.1, -0.05) is 25.1 Å². The van der Waals surface area contributed by atoms with Crippen molar-refractivity contribution in [3.05, 3.63) is 75.6 Å². The zero-order valence-electron chi connectivity index (χ0n) is 15.6. The van der Waals surface area contributed by atoms with E-state index in [1.807, 2.05) is 0 Å². The Kier molecular flexibility index (Phi) is 7.20. The summed E-state index contributed by atoms with van der Waals surface area (Å²) in [5, 5.41) is 11.0. The number of hydrogen-bond donors (Lipinski definition) is 0. The van der Waals surface area contributed by atoms with E-state index in [9.17, 15) is 24.1 Å². The van der Waals surface area contributed by atoms with Crippen molar-refractivity contribution < 1.29 is 23.6 Å². The molecule has 8 heteroatoms. The van der Waals surface area contributed by atoms with Crippen LogP contribution in [0.15, 0.2) is 48.5 Å². The predicted molar refractivity (Wildman–Crippen MR) is 100 cm³/mol. The standard InChI is InChI=1S/C20H21FN2O5/c1-14(20(25)28-2)13-22(11-10-15-6-8-17(21)9-7-15)19(24)16-4-3-5-18(12-16)23(26)27/h3-9,12,14H,10-11,13H2,1-2H3. The van der Waals surface area contributed by atoms with Crippen LogP contribution in [0.4, 0.5) is 10.1 Å². The number of rotatable bonds is 8. The molecule has 28 heavy (non-hydrogen) atoms. The highest BCUT2D eigenvalue weighted by Crippen LogP contribution is 2.16. The molecule has 0 aromatic heterocycles. The fourth-order valence-electron chi connectivity index (χ4n) is 2.73. The highest BCUT2D eigenvalue weighted by atomic mass is 19.1. The number of esters is 1. The van der Waals surface area contributed by atoms with Crippen molar-refractivity contribution in [2.45, 2.75) is 13.3 Å². The minimum absolute atomic E-state index is 0.0927. The average Bonchev–Trinajstić information content (AvgIpc) is 2.70. The molecule has 0 aliphatic rings. The van der Waals surface area contributed by atoms with Crippen molar-refractivity contribution in [2.75, 3.05) is 20.2 Å². The molecule has 0 saturated carbocycles. The van der Waals surface area contributed by atoms with Gasteiger partial charge in [-0.25, -0.2) is 4.39 Å². The van der Waals surface area contributed by atoms with Crippen LogP contribution in [0.3, 0.4) is 0 Å². The van der Waals surface area contributed by atoms with Gasteiger partial charge < -0.3 is 9.64 Å².